The zero-order valence-corrected chi connectivity index (χ0v) is 11.9. The topological polar surface area (TPSA) is 50.7 Å². The number of amides is 1. The Morgan fingerprint density at radius 2 is 2.00 bits per heavy atom. The first kappa shape index (κ1) is 13.6. The van der Waals surface area contributed by atoms with Gasteiger partial charge in [0.25, 0.3) is 0 Å². The van der Waals surface area contributed by atoms with Crippen LogP contribution in [0.1, 0.15) is 17.5 Å². The van der Waals surface area contributed by atoms with Crippen LogP contribution in [0.3, 0.4) is 0 Å². The number of nitrogens with zero attached hydrogens (tertiary/aromatic N) is 1. The molecule has 0 unspecified atom stereocenters. The van der Waals surface area contributed by atoms with Crippen LogP contribution >= 0.6 is 11.6 Å². The number of nitrogens with one attached hydrogen (secondary N) is 1. The predicted octanol–water partition coefficient (Wildman–Crippen LogP) is 4.24. The molecule has 0 fully saturated rings. The van der Waals surface area contributed by atoms with Crippen molar-refractivity contribution in [1.82, 2.24) is 0 Å². The fourth-order valence-electron chi connectivity index (χ4n) is 2.31. The van der Waals surface area contributed by atoms with E-state index < -0.39 is 6.09 Å². The smallest absolute Gasteiger partial charge is 0.297 e. The molecule has 1 amide bonds. The summed E-state index contributed by atoms with van der Waals surface area (Å²) in [5, 5.41) is 7.08. The number of anilines is 1. The van der Waals surface area contributed by atoms with E-state index in [1.165, 1.54) is 5.56 Å². The molecule has 0 saturated heterocycles. The third-order valence-electron chi connectivity index (χ3n) is 3.27. The molecule has 5 heteroatoms. The second-order valence-electron chi connectivity index (χ2n) is 4.71. The Labute approximate surface area is 127 Å². The molecule has 3 rings (SSSR count). The lowest BCUT2D eigenvalue weighted by atomic mass is 10.1. The molecule has 0 atom stereocenters. The lowest BCUT2D eigenvalue weighted by Gasteiger charge is -2.04. The largest absolute Gasteiger partial charge is 0.437 e. The number of carbonyl (C=O) groups is 1. The maximum absolute atomic E-state index is 11.7. The van der Waals surface area contributed by atoms with Gasteiger partial charge in [-0.2, -0.15) is 0 Å². The van der Waals surface area contributed by atoms with E-state index in [0.29, 0.717) is 10.7 Å². The summed E-state index contributed by atoms with van der Waals surface area (Å²) in [6.07, 6.45) is 1.08. The van der Waals surface area contributed by atoms with Gasteiger partial charge in [0, 0.05) is 16.3 Å². The molecule has 0 bridgehead atoms. The quantitative estimate of drug-likeness (QED) is 0.666. The number of benzene rings is 2. The van der Waals surface area contributed by atoms with Crippen molar-refractivity contribution in [2.45, 2.75) is 12.8 Å². The predicted molar refractivity (Wildman–Crippen MR) is 82.9 cm³/mol. The number of rotatable bonds is 2. The van der Waals surface area contributed by atoms with Crippen molar-refractivity contribution >= 4 is 29.1 Å². The lowest BCUT2D eigenvalue weighted by molar-refractivity contribution is 0.166. The van der Waals surface area contributed by atoms with E-state index in [9.17, 15) is 4.79 Å². The summed E-state index contributed by atoms with van der Waals surface area (Å²) in [6.45, 7) is 0. The Bertz CT molecular complexity index is 713. The van der Waals surface area contributed by atoms with E-state index in [1.54, 1.807) is 24.3 Å². The summed E-state index contributed by atoms with van der Waals surface area (Å²) >= 11 is 5.85. The van der Waals surface area contributed by atoms with Crippen LogP contribution in [0.5, 0.6) is 0 Å². The highest BCUT2D eigenvalue weighted by Crippen LogP contribution is 2.22. The van der Waals surface area contributed by atoms with Crippen molar-refractivity contribution in [3.05, 3.63) is 64.7 Å². The van der Waals surface area contributed by atoms with Gasteiger partial charge in [-0.15, -0.1) is 0 Å². The van der Waals surface area contributed by atoms with Crippen LogP contribution in [0, 0.1) is 0 Å². The Morgan fingerprint density at radius 1 is 1.14 bits per heavy atom. The number of fused-ring (bicyclic) bond motifs is 1. The second kappa shape index (κ2) is 5.97. The molecule has 106 valence electrons. The summed E-state index contributed by atoms with van der Waals surface area (Å²) < 4.78 is 0. The minimum atomic E-state index is -0.630. The van der Waals surface area contributed by atoms with E-state index in [2.05, 4.69) is 16.5 Å². The molecule has 1 N–H and O–H groups in total. The number of carbonyl (C=O) groups excluding carboxylic acids is 1. The van der Waals surface area contributed by atoms with Crippen molar-refractivity contribution < 1.29 is 9.63 Å². The minimum Gasteiger partial charge on any atom is -0.297 e. The van der Waals surface area contributed by atoms with Gasteiger partial charge < -0.3 is 0 Å². The maximum atomic E-state index is 11.7. The highest BCUT2D eigenvalue weighted by molar-refractivity contribution is 6.30. The van der Waals surface area contributed by atoms with Crippen LogP contribution in [0.4, 0.5) is 10.5 Å². The number of hydrogen-bond donors (Lipinski definition) is 1. The third-order valence-corrected chi connectivity index (χ3v) is 3.50. The number of halogens is 1. The van der Waals surface area contributed by atoms with Gasteiger partial charge in [0.2, 0.25) is 0 Å². The van der Waals surface area contributed by atoms with Gasteiger partial charge in [0.15, 0.2) is 0 Å². The van der Waals surface area contributed by atoms with Crippen molar-refractivity contribution in [3.8, 4) is 0 Å². The van der Waals surface area contributed by atoms with Gasteiger partial charge >= 0.3 is 6.09 Å². The summed E-state index contributed by atoms with van der Waals surface area (Å²) in [7, 11) is 0. The fraction of sp³-hybridized carbons (Fsp3) is 0.125. The zero-order valence-electron chi connectivity index (χ0n) is 11.2. The number of aryl methyl sites for hydroxylation is 1. The van der Waals surface area contributed by atoms with E-state index in [-0.39, 0.29) is 0 Å². The van der Waals surface area contributed by atoms with E-state index in [0.717, 1.165) is 24.1 Å². The highest BCUT2D eigenvalue weighted by atomic mass is 35.5. The molecule has 0 aromatic heterocycles. The standard InChI is InChI=1S/C16H13ClN2O2/c17-12-5-3-6-13(10-12)18-16(20)21-19-15-9-8-11-4-1-2-7-14(11)15/h1-7,10H,8-9H2,(H,18,20)/b19-15-. The molecule has 1 aliphatic rings. The van der Waals surface area contributed by atoms with Gasteiger partial charge in [-0.1, -0.05) is 47.1 Å². The van der Waals surface area contributed by atoms with E-state index >= 15 is 0 Å². The summed E-state index contributed by atoms with van der Waals surface area (Å²) in [5.41, 5.74) is 3.65. The van der Waals surface area contributed by atoms with E-state index in [4.69, 9.17) is 16.4 Å². The molecule has 0 aliphatic heterocycles. The van der Waals surface area contributed by atoms with Crippen LogP contribution in [-0.4, -0.2) is 11.8 Å². The van der Waals surface area contributed by atoms with Crippen LogP contribution < -0.4 is 5.32 Å². The Hall–Kier alpha value is -2.33. The van der Waals surface area contributed by atoms with Gasteiger partial charge in [-0.05, 0) is 36.6 Å². The molecule has 0 heterocycles. The Kier molecular flexibility index (Phi) is 3.88. The normalized spacial score (nSPS) is 14.8. The molecule has 1 aliphatic carbocycles. The average molecular weight is 301 g/mol. The van der Waals surface area contributed by atoms with Gasteiger partial charge in [-0.25, -0.2) is 4.79 Å². The summed E-state index contributed by atoms with van der Waals surface area (Å²) in [6, 6.07) is 14.8. The molecule has 0 saturated carbocycles. The second-order valence-corrected chi connectivity index (χ2v) is 5.15. The van der Waals surface area contributed by atoms with Gasteiger partial charge in [-0.3, -0.25) is 10.2 Å². The number of oxime groups is 1. The van der Waals surface area contributed by atoms with Crippen molar-refractivity contribution in [1.29, 1.82) is 0 Å². The molecular formula is C16H13ClN2O2. The van der Waals surface area contributed by atoms with Crippen LogP contribution in [0.25, 0.3) is 0 Å². The molecule has 0 radical (unpaired) electrons. The third kappa shape index (κ3) is 3.23. The van der Waals surface area contributed by atoms with Crippen molar-refractivity contribution in [2.24, 2.45) is 5.16 Å². The van der Waals surface area contributed by atoms with Gasteiger partial charge in [0.05, 0.1) is 5.71 Å². The molecule has 4 nitrogen and oxygen atoms in total. The summed E-state index contributed by atoms with van der Waals surface area (Å²) in [5.74, 6) is 0. The van der Waals surface area contributed by atoms with E-state index in [1.807, 2.05) is 18.2 Å². The Balaban J connectivity index is 1.65. The van der Waals surface area contributed by atoms with Gasteiger partial charge in [0.1, 0.15) is 0 Å². The van der Waals surface area contributed by atoms with Crippen molar-refractivity contribution in [3.63, 3.8) is 0 Å². The molecule has 0 spiro atoms. The molecule has 2 aromatic carbocycles. The van der Waals surface area contributed by atoms with Crippen LogP contribution in [-0.2, 0) is 11.3 Å². The monoisotopic (exact) mass is 300 g/mol. The first-order chi connectivity index (χ1) is 10.2. The zero-order chi connectivity index (χ0) is 14.7. The SMILES string of the molecule is O=C(Nc1cccc(Cl)c1)O/N=C1/CCc2ccccc21. The highest BCUT2D eigenvalue weighted by Gasteiger charge is 2.18. The first-order valence-corrected chi connectivity index (χ1v) is 6.99. The van der Waals surface area contributed by atoms with Crippen LogP contribution in [0.2, 0.25) is 5.02 Å². The average Bonchev–Trinajstić information content (AvgIpc) is 2.88. The molecular weight excluding hydrogens is 288 g/mol. The fourth-order valence-corrected chi connectivity index (χ4v) is 2.50. The summed E-state index contributed by atoms with van der Waals surface area (Å²) in [4.78, 5) is 16.6. The first-order valence-electron chi connectivity index (χ1n) is 6.61. The maximum Gasteiger partial charge on any atom is 0.437 e. The number of hydrogen-bond acceptors (Lipinski definition) is 3. The Morgan fingerprint density at radius 3 is 2.86 bits per heavy atom. The minimum absolute atomic E-state index is 0.545. The van der Waals surface area contributed by atoms with Crippen molar-refractivity contribution in [2.75, 3.05) is 5.32 Å². The molecule has 21 heavy (non-hydrogen) atoms. The molecule has 2 aromatic rings. The lowest BCUT2D eigenvalue weighted by Crippen LogP contribution is -2.12. The van der Waals surface area contributed by atoms with Crippen LogP contribution in [0.15, 0.2) is 53.7 Å².